The van der Waals surface area contributed by atoms with E-state index in [1.165, 1.54) is 11.1 Å². The summed E-state index contributed by atoms with van der Waals surface area (Å²) < 4.78 is 5.70. The molecular weight excluding hydrogens is 148 g/mol. The summed E-state index contributed by atoms with van der Waals surface area (Å²) >= 11 is 0. The predicted octanol–water partition coefficient (Wildman–Crippen LogP) is 3.12. The molecule has 0 N–H and O–H groups in total. The maximum atomic E-state index is 5.70. The predicted molar refractivity (Wildman–Crippen MR) is 49.2 cm³/mol. The zero-order chi connectivity index (χ0) is 8.55. The molecule has 1 aliphatic heterocycles. The Labute approximate surface area is 73.4 Å². The van der Waals surface area contributed by atoms with Crippen molar-refractivity contribution in [2.24, 2.45) is 0 Å². The van der Waals surface area contributed by atoms with Crippen molar-refractivity contribution in [3.63, 3.8) is 0 Å². The lowest BCUT2D eigenvalue weighted by Gasteiger charge is -2.08. The van der Waals surface area contributed by atoms with Crippen LogP contribution in [0.4, 0.5) is 0 Å². The molecule has 0 atom stereocenters. The number of hydrogen-bond acceptors (Lipinski definition) is 1. The van der Waals surface area contributed by atoms with Crippen LogP contribution in [0.1, 0.15) is 26.7 Å². The van der Waals surface area contributed by atoms with E-state index in [9.17, 15) is 0 Å². The number of hydrogen-bond donors (Lipinski definition) is 0. The molecule has 1 radical (unpaired) electrons. The number of fused-ring (bicyclic) bond motifs is 1. The first-order valence-electron chi connectivity index (χ1n) is 4.52. The minimum atomic E-state index is 0.987. The molecule has 12 heavy (non-hydrogen) atoms. The summed E-state index contributed by atoms with van der Waals surface area (Å²) in [6.07, 6.45) is 9.47. The van der Waals surface area contributed by atoms with Gasteiger partial charge in [0.2, 0.25) is 0 Å². The molecule has 0 aromatic carbocycles. The standard InChI is InChI=1S/C11H13O/c1-3-10-8-6-5-7-9(8)11(4-2)12-10/h5-7H,3-4H2,1-2H3. The van der Waals surface area contributed by atoms with E-state index in [1.54, 1.807) is 0 Å². The Kier molecular flexibility index (Phi) is 1.80. The van der Waals surface area contributed by atoms with E-state index in [-0.39, 0.29) is 0 Å². The zero-order valence-electron chi connectivity index (χ0n) is 7.55. The van der Waals surface area contributed by atoms with E-state index in [0.717, 1.165) is 24.7 Å². The third-order valence-electron chi connectivity index (χ3n) is 2.31. The van der Waals surface area contributed by atoms with Crippen molar-refractivity contribution in [2.45, 2.75) is 26.7 Å². The average Bonchev–Trinajstić information content (AvgIpc) is 2.63. The first-order chi connectivity index (χ1) is 5.86. The maximum Gasteiger partial charge on any atom is 0.177 e. The van der Waals surface area contributed by atoms with Gasteiger partial charge in [-0.3, -0.25) is 0 Å². The minimum absolute atomic E-state index is 0.987. The molecule has 0 spiro atoms. The van der Waals surface area contributed by atoms with Crippen LogP contribution in [-0.2, 0) is 4.74 Å². The highest BCUT2D eigenvalue weighted by molar-refractivity contribution is 5.58. The molecule has 2 rings (SSSR count). The van der Waals surface area contributed by atoms with Gasteiger partial charge in [0.25, 0.3) is 0 Å². The van der Waals surface area contributed by atoms with Gasteiger partial charge < -0.3 is 4.74 Å². The highest BCUT2D eigenvalue weighted by Crippen LogP contribution is 2.41. The van der Waals surface area contributed by atoms with E-state index in [0.29, 0.717) is 0 Å². The topological polar surface area (TPSA) is 9.23 Å². The van der Waals surface area contributed by atoms with Crippen LogP contribution >= 0.6 is 0 Å². The summed E-state index contributed by atoms with van der Waals surface area (Å²) in [5.41, 5.74) is 2.60. The fourth-order valence-electron chi connectivity index (χ4n) is 1.69. The molecule has 0 bridgehead atoms. The van der Waals surface area contributed by atoms with Crippen molar-refractivity contribution in [1.82, 2.24) is 0 Å². The van der Waals surface area contributed by atoms with Crippen molar-refractivity contribution in [2.75, 3.05) is 0 Å². The maximum absolute atomic E-state index is 5.70. The Morgan fingerprint density at radius 3 is 2.75 bits per heavy atom. The van der Waals surface area contributed by atoms with Gasteiger partial charge in [0, 0.05) is 17.6 Å². The van der Waals surface area contributed by atoms with E-state index in [1.807, 2.05) is 0 Å². The fraction of sp³-hybridized carbons (Fsp3) is 0.364. The molecule has 0 fully saturated rings. The van der Waals surface area contributed by atoms with E-state index in [2.05, 4.69) is 32.1 Å². The van der Waals surface area contributed by atoms with Crippen molar-refractivity contribution in [3.05, 3.63) is 41.2 Å². The van der Waals surface area contributed by atoms with Crippen LogP contribution < -0.4 is 0 Å². The van der Waals surface area contributed by atoms with Crippen molar-refractivity contribution in [3.8, 4) is 0 Å². The van der Waals surface area contributed by atoms with Gasteiger partial charge in [-0.1, -0.05) is 32.1 Å². The van der Waals surface area contributed by atoms with Crippen LogP contribution in [0.5, 0.6) is 0 Å². The smallest absolute Gasteiger partial charge is 0.177 e. The van der Waals surface area contributed by atoms with Gasteiger partial charge in [-0.2, -0.15) is 0 Å². The van der Waals surface area contributed by atoms with Gasteiger partial charge in [0.1, 0.15) is 5.76 Å². The third-order valence-corrected chi connectivity index (χ3v) is 2.31. The van der Waals surface area contributed by atoms with E-state index in [4.69, 9.17) is 4.74 Å². The molecule has 1 heterocycles. The molecular formula is C11H13O. The molecule has 63 valence electrons. The highest BCUT2D eigenvalue weighted by atomic mass is 16.5. The quantitative estimate of drug-likeness (QED) is 0.604. The summed E-state index contributed by atoms with van der Waals surface area (Å²) in [6, 6.07) is 0. The van der Waals surface area contributed by atoms with Gasteiger partial charge >= 0.3 is 0 Å². The molecule has 0 aromatic heterocycles. The van der Waals surface area contributed by atoms with Gasteiger partial charge in [-0.25, -0.2) is 0 Å². The number of ether oxygens (including phenoxy) is 1. The molecule has 0 saturated carbocycles. The first kappa shape index (κ1) is 7.66. The van der Waals surface area contributed by atoms with Crippen molar-refractivity contribution >= 4 is 0 Å². The molecule has 0 saturated heterocycles. The SMILES string of the molecule is CC[C]1OC(CC)=C2C=CC=C12. The lowest BCUT2D eigenvalue weighted by Crippen LogP contribution is -1.95. The van der Waals surface area contributed by atoms with E-state index >= 15 is 0 Å². The van der Waals surface area contributed by atoms with Crippen molar-refractivity contribution in [1.29, 1.82) is 0 Å². The summed E-state index contributed by atoms with van der Waals surface area (Å²) in [5.74, 6) is 1.13. The van der Waals surface area contributed by atoms with Crippen LogP contribution in [-0.4, -0.2) is 0 Å². The summed E-state index contributed by atoms with van der Waals surface area (Å²) in [4.78, 5) is 0. The molecule has 0 amide bonds. The lowest BCUT2D eigenvalue weighted by atomic mass is 10.0. The van der Waals surface area contributed by atoms with Gasteiger partial charge in [0.15, 0.2) is 6.10 Å². The Bertz CT molecular complexity index is 281. The average molecular weight is 161 g/mol. The second-order valence-electron chi connectivity index (χ2n) is 3.01. The van der Waals surface area contributed by atoms with Gasteiger partial charge in [0.05, 0.1) is 0 Å². The zero-order valence-corrected chi connectivity index (χ0v) is 7.55. The Morgan fingerprint density at radius 1 is 1.25 bits per heavy atom. The lowest BCUT2D eigenvalue weighted by molar-refractivity contribution is 0.243. The normalized spacial score (nSPS) is 21.3. The second-order valence-corrected chi connectivity index (χ2v) is 3.01. The fourth-order valence-corrected chi connectivity index (χ4v) is 1.69. The summed E-state index contributed by atoms with van der Waals surface area (Å²) in [5, 5.41) is 0. The van der Waals surface area contributed by atoms with Crippen molar-refractivity contribution < 1.29 is 4.74 Å². The molecule has 0 unspecified atom stereocenters. The number of rotatable bonds is 2. The molecule has 2 aliphatic rings. The Balaban J connectivity index is 2.32. The van der Waals surface area contributed by atoms with Gasteiger partial charge in [-0.15, -0.1) is 0 Å². The molecule has 0 aromatic rings. The summed E-state index contributed by atoms with van der Waals surface area (Å²) in [6.45, 7) is 4.26. The minimum Gasteiger partial charge on any atom is -0.482 e. The highest BCUT2D eigenvalue weighted by Gasteiger charge is 2.29. The van der Waals surface area contributed by atoms with E-state index < -0.39 is 0 Å². The number of allylic oxidation sites excluding steroid dienone is 4. The van der Waals surface area contributed by atoms with Gasteiger partial charge in [-0.05, 0) is 6.42 Å². The molecule has 1 nitrogen and oxygen atoms in total. The molecule has 1 aliphatic carbocycles. The Hall–Kier alpha value is -0.980. The first-order valence-corrected chi connectivity index (χ1v) is 4.52. The van der Waals surface area contributed by atoms with Crippen LogP contribution in [0.15, 0.2) is 35.1 Å². The summed E-state index contributed by atoms with van der Waals surface area (Å²) in [7, 11) is 0. The van der Waals surface area contributed by atoms with Crippen LogP contribution in [0.3, 0.4) is 0 Å². The Morgan fingerprint density at radius 2 is 2.08 bits per heavy atom. The van der Waals surface area contributed by atoms with Crippen LogP contribution in [0.2, 0.25) is 0 Å². The monoisotopic (exact) mass is 161 g/mol. The van der Waals surface area contributed by atoms with Crippen LogP contribution in [0, 0.1) is 6.10 Å². The molecule has 1 heteroatoms. The van der Waals surface area contributed by atoms with Crippen LogP contribution in [0.25, 0.3) is 0 Å². The second kappa shape index (κ2) is 2.81. The third kappa shape index (κ3) is 0.927. The largest absolute Gasteiger partial charge is 0.482 e.